The first-order chi connectivity index (χ1) is 11.3. The summed E-state index contributed by atoms with van der Waals surface area (Å²) < 4.78 is 1.90. The Hall–Kier alpha value is -1.18. The Bertz CT molecular complexity index is 726. The van der Waals surface area contributed by atoms with Gasteiger partial charge in [-0.2, -0.15) is 0 Å². The summed E-state index contributed by atoms with van der Waals surface area (Å²) >= 11 is 8.06. The zero-order chi connectivity index (χ0) is 17.7. The minimum absolute atomic E-state index is 0.0369. The van der Waals surface area contributed by atoms with Crippen LogP contribution < -0.4 is 10.6 Å². The lowest BCUT2D eigenvalue weighted by atomic mass is 9.84. The van der Waals surface area contributed by atoms with Crippen molar-refractivity contribution in [2.24, 2.45) is 0 Å². The van der Waals surface area contributed by atoms with Gasteiger partial charge in [-0.05, 0) is 45.8 Å². The molecule has 1 aromatic carbocycles. The summed E-state index contributed by atoms with van der Waals surface area (Å²) in [5.41, 5.74) is 0.942. The molecule has 2 aromatic rings. The highest BCUT2D eigenvalue weighted by Gasteiger charge is 2.21. The molecule has 4 nitrogen and oxygen atoms in total. The number of rotatable bonds is 6. The lowest BCUT2D eigenvalue weighted by molar-refractivity contribution is -0.120. The Balaban J connectivity index is 1.82. The van der Waals surface area contributed by atoms with Crippen LogP contribution in [-0.4, -0.2) is 24.9 Å². The molecular weight excluding hydrogens is 456 g/mol. The largest absolute Gasteiger partial charge is 0.354 e. The summed E-state index contributed by atoms with van der Waals surface area (Å²) in [4.78, 5) is 24.5. The van der Waals surface area contributed by atoms with Crippen LogP contribution in [0.3, 0.4) is 0 Å². The van der Waals surface area contributed by atoms with Crippen LogP contribution in [0.15, 0.2) is 44.7 Å². The topological polar surface area (TPSA) is 58.2 Å². The number of amides is 2. The first-order valence-electron chi connectivity index (χ1n) is 7.34. The van der Waals surface area contributed by atoms with Crippen molar-refractivity contribution in [3.63, 3.8) is 0 Å². The molecule has 0 fully saturated rings. The highest BCUT2D eigenvalue weighted by atomic mass is 79.9. The third-order valence-electron chi connectivity index (χ3n) is 3.56. The summed E-state index contributed by atoms with van der Waals surface area (Å²) in [5, 5.41) is 5.50. The second kappa shape index (κ2) is 8.27. The maximum Gasteiger partial charge on any atom is 0.261 e. The van der Waals surface area contributed by atoms with Gasteiger partial charge in [-0.25, -0.2) is 0 Å². The molecular formula is C17H18Br2N2O2S. The third kappa shape index (κ3) is 5.43. The van der Waals surface area contributed by atoms with Gasteiger partial charge in [0.1, 0.15) is 0 Å². The predicted molar refractivity (Wildman–Crippen MR) is 105 cm³/mol. The molecule has 0 atom stereocenters. The van der Waals surface area contributed by atoms with Crippen LogP contribution in [0.5, 0.6) is 0 Å². The van der Waals surface area contributed by atoms with E-state index in [2.05, 4.69) is 56.3 Å². The smallest absolute Gasteiger partial charge is 0.261 e. The standard InChI is InChI=1S/C17H18Br2N2O2S/c1-17(2,11-3-5-12(18)6-4-11)10-21-15(22)9-20-16(23)13-7-8-14(19)24-13/h3-8H,9-10H2,1-2H3,(H,20,23)(H,21,22). The van der Waals surface area contributed by atoms with Gasteiger partial charge in [0, 0.05) is 16.4 Å². The number of nitrogens with one attached hydrogen (secondary N) is 2. The SMILES string of the molecule is CC(C)(CNC(=O)CNC(=O)c1ccc(Br)s1)c1ccc(Br)cc1. The molecule has 0 aliphatic rings. The van der Waals surface area contributed by atoms with Crippen LogP contribution in [0, 0.1) is 0 Å². The number of hydrogen-bond acceptors (Lipinski definition) is 3. The van der Waals surface area contributed by atoms with Crippen molar-refractivity contribution in [1.82, 2.24) is 10.6 Å². The summed E-state index contributed by atoms with van der Waals surface area (Å²) in [6, 6.07) is 11.6. The van der Waals surface area contributed by atoms with Gasteiger partial charge in [-0.15, -0.1) is 11.3 Å². The molecule has 2 amide bonds. The monoisotopic (exact) mass is 472 g/mol. The second-order valence-corrected chi connectivity index (χ2v) is 9.33. The van der Waals surface area contributed by atoms with E-state index in [0.717, 1.165) is 13.8 Å². The molecule has 0 saturated carbocycles. The van der Waals surface area contributed by atoms with Crippen molar-refractivity contribution >= 4 is 55.0 Å². The average Bonchev–Trinajstić information content (AvgIpc) is 2.98. The summed E-state index contributed by atoms with van der Waals surface area (Å²) in [6.45, 7) is 4.59. The fourth-order valence-corrected chi connectivity index (χ4v) is 3.64. The summed E-state index contributed by atoms with van der Waals surface area (Å²) in [6.07, 6.45) is 0. The van der Waals surface area contributed by atoms with Crippen molar-refractivity contribution < 1.29 is 9.59 Å². The normalized spacial score (nSPS) is 11.2. The van der Waals surface area contributed by atoms with Gasteiger partial charge < -0.3 is 10.6 Å². The van der Waals surface area contributed by atoms with Crippen molar-refractivity contribution in [1.29, 1.82) is 0 Å². The van der Waals surface area contributed by atoms with Gasteiger partial charge in [0.2, 0.25) is 5.91 Å². The molecule has 1 aromatic heterocycles. The third-order valence-corrected chi connectivity index (χ3v) is 5.71. The van der Waals surface area contributed by atoms with Crippen LogP contribution in [0.2, 0.25) is 0 Å². The van der Waals surface area contributed by atoms with Crippen LogP contribution in [-0.2, 0) is 10.2 Å². The Labute approximate surface area is 162 Å². The van der Waals surface area contributed by atoms with Crippen molar-refractivity contribution in [3.8, 4) is 0 Å². The van der Waals surface area contributed by atoms with E-state index in [1.54, 1.807) is 12.1 Å². The Kier molecular flexibility index (Phi) is 6.60. The van der Waals surface area contributed by atoms with E-state index in [1.807, 2.05) is 24.3 Å². The molecule has 0 unspecified atom stereocenters. The van der Waals surface area contributed by atoms with Gasteiger partial charge >= 0.3 is 0 Å². The van der Waals surface area contributed by atoms with E-state index in [9.17, 15) is 9.59 Å². The minimum atomic E-state index is -0.243. The second-order valence-electron chi connectivity index (χ2n) is 5.95. The molecule has 2 N–H and O–H groups in total. The quantitative estimate of drug-likeness (QED) is 0.663. The number of thiophene rings is 1. The van der Waals surface area contributed by atoms with E-state index >= 15 is 0 Å². The highest BCUT2D eigenvalue weighted by Crippen LogP contribution is 2.24. The highest BCUT2D eigenvalue weighted by molar-refractivity contribution is 9.11. The van der Waals surface area contributed by atoms with Gasteiger partial charge in [0.15, 0.2) is 0 Å². The van der Waals surface area contributed by atoms with Crippen molar-refractivity contribution in [2.75, 3.05) is 13.1 Å². The molecule has 1 heterocycles. The van der Waals surface area contributed by atoms with E-state index in [0.29, 0.717) is 11.4 Å². The van der Waals surface area contributed by atoms with Gasteiger partial charge in [-0.1, -0.05) is 41.9 Å². The van der Waals surface area contributed by atoms with Crippen molar-refractivity contribution in [2.45, 2.75) is 19.3 Å². The lowest BCUT2D eigenvalue weighted by Crippen LogP contribution is -2.42. The fraction of sp³-hybridized carbons (Fsp3) is 0.294. The van der Waals surface area contributed by atoms with Gasteiger partial charge in [0.25, 0.3) is 5.91 Å². The fourth-order valence-electron chi connectivity index (χ4n) is 2.07. The maximum atomic E-state index is 12.0. The Morgan fingerprint density at radius 3 is 2.29 bits per heavy atom. The maximum absolute atomic E-state index is 12.0. The molecule has 0 radical (unpaired) electrons. The first-order valence-corrected chi connectivity index (χ1v) is 9.74. The zero-order valence-corrected chi connectivity index (χ0v) is 17.3. The molecule has 0 spiro atoms. The van der Waals surface area contributed by atoms with E-state index < -0.39 is 0 Å². The molecule has 128 valence electrons. The van der Waals surface area contributed by atoms with E-state index in [1.165, 1.54) is 11.3 Å². The van der Waals surface area contributed by atoms with Crippen LogP contribution in [0.25, 0.3) is 0 Å². The van der Waals surface area contributed by atoms with Crippen LogP contribution in [0.1, 0.15) is 29.1 Å². The number of hydrogen-bond donors (Lipinski definition) is 2. The van der Waals surface area contributed by atoms with Gasteiger partial charge in [0.05, 0.1) is 15.2 Å². The molecule has 0 aliphatic carbocycles. The average molecular weight is 474 g/mol. The Morgan fingerprint density at radius 2 is 1.71 bits per heavy atom. The summed E-state index contributed by atoms with van der Waals surface area (Å²) in [7, 11) is 0. The first kappa shape index (κ1) is 19.1. The number of carbonyl (C=O) groups excluding carboxylic acids is 2. The predicted octanol–water partition coefficient (Wildman–Crippen LogP) is 4.10. The number of benzene rings is 1. The molecule has 24 heavy (non-hydrogen) atoms. The van der Waals surface area contributed by atoms with E-state index in [4.69, 9.17) is 0 Å². The molecule has 2 rings (SSSR count). The summed E-state index contributed by atoms with van der Waals surface area (Å²) in [5.74, 6) is -0.447. The van der Waals surface area contributed by atoms with Gasteiger partial charge in [-0.3, -0.25) is 9.59 Å². The van der Waals surface area contributed by atoms with Crippen LogP contribution in [0.4, 0.5) is 0 Å². The minimum Gasteiger partial charge on any atom is -0.354 e. The number of halogens is 2. The number of carbonyl (C=O) groups is 2. The van der Waals surface area contributed by atoms with Crippen LogP contribution >= 0.6 is 43.2 Å². The molecule has 0 aliphatic heterocycles. The molecule has 0 bridgehead atoms. The Morgan fingerprint density at radius 1 is 1.04 bits per heavy atom. The molecule has 7 heteroatoms. The van der Waals surface area contributed by atoms with E-state index in [-0.39, 0.29) is 23.8 Å². The lowest BCUT2D eigenvalue weighted by Gasteiger charge is -2.25. The van der Waals surface area contributed by atoms with Crippen molar-refractivity contribution in [3.05, 3.63) is 55.1 Å². The zero-order valence-electron chi connectivity index (χ0n) is 13.4. The molecule has 0 saturated heterocycles.